The maximum absolute atomic E-state index is 11.0. The molecule has 2 N–H and O–H groups in total. The normalized spacial score (nSPS) is 10.7. The summed E-state index contributed by atoms with van der Waals surface area (Å²) in [6.07, 6.45) is 1.52. The topological polar surface area (TPSA) is 82.0 Å². The van der Waals surface area contributed by atoms with Crippen molar-refractivity contribution in [1.29, 1.82) is 0 Å². The zero-order valence-electron chi connectivity index (χ0n) is 10.8. The number of rotatable bonds is 2. The Bertz CT molecular complexity index is 865. The van der Waals surface area contributed by atoms with E-state index in [9.17, 15) is 10.1 Å². The summed E-state index contributed by atoms with van der Waals surface area (Å²) in [4.78, 5) is 14.3. The number of nitro groups is 1. The van der Waals surface area contributed by atoms with E-state index in [2.05, 4.69) is 4.98 Å². The predicted molar refractivity (Wildman–Crippen MR) is 83.3 cm³/mol. The van der Waals surface area contributed by atoms with Crippen LogP contribution in [0.15, 0.2) is 48.7 Å². The summed E-state index contributed by atoms with van der Waals surface area (Å²) in [6.45, 7) is 0. The van der Waals surface area contributed by atoms with Gasteiger partial charge in [-0.25, -0.2) is 4.98 Å². The minimum atomic E-state index is -0.543. The van der Waals surface area contributed by atoms with Crippen LogP contribution < -0.4 is 5.73 Å². The number of fused-ring (bicyclic) bond motifs is 1. The number of hydrogen-bond acceptors (Lipinski definition) is 4. The van der Waals surface area contributed by atoms with E-state index in [1.54, 1.807) is 6.07 Å². The first kappa shape index (κ1) is 13.3. The molecule has 0 saturated heterocycles. The van der Waals surface area contributed by atoms with Gasteiger partial charge >= 0.3 is 5.69 Å². The molecule has 21 heavy (non-hydrogen) atoms. The van der Waals surface area contributed by atoms with Gasteiger partial charge in [0.05, 0.1) is 4.92 Å². The van der Waals surface area contributed by atoms with Crippen LogP contribution in [0.5, 0.6) is 0 Å². The van der Waals surface area contributed by atoms with Gasteiger partial charge in [0.1, 0.15) is 0 Å². The lowest BCUT2D eigenvalue weighted by Gasteiger charge is -2.09. The number of pyridine rings is 1. The molecule has 0 atom stereocenters. The molecule has 0 aliphatic carbocycles. The molecule has 0 aliphatic rings. The molecule has 1 aromatic heterocycles. The molecule has 5 nitrogen and oxygen atoms in total. The quantitative estimate of drug-likeness (QED) is 0.335. The summed E-state index contributed by atoms with van der Waals surface area (Å²) in [5, 5.41) is 12.7. The molecule has 6 heteroatoms. The van der Waals surface area contributed by atoms with E-state index in [-0.39, 0.29) is 10.8 Å². The zero-order valence-corrected chi connectivity index (χ0v) is 11.5. The van der Waals surface area contributed by atoms with Crippen molar-refractivity contribution in [3.63, 3.8) is 0 Å². The lowest BCUT2D eigenvalue weighted by Crippen LogP contribution is -1.93. The summed E-state index contributed by atoms with van der Waals surface area (Å²) >= 11 is 5.75. The molecular weight excluding hydrogens is 290 g/mol. The first-order chi connectivity index (χ1) is 10.1. The molecule has 0 spiro atoms. The van der Waals surface area contributed by atoms with Crippen LogP contribution in [0.4, 0.5) is 11.4 Å². The molecular formula is C15H10ClN3O2. The second kappa shape index (κ2) is 5.03. The van der Waals surface area contributed by atoms with Gasteiger partial charge in [0.2, 0.25) is 5.15 Å². The Labute approximate surface area is 125 Å². The zero-order chi connectivity index (χ0) is 15.0. The summed E-state index contributed by atoms with van der Waals surface area (Å²) in [7, 11) is 0. The van der Waals surface area contributed by atoms with E-state index < -0.39 is 4.92 Å². The highest BCUT2D eigenvalue weighted by atomic mass is 35.5. The maximum atomic E-state index is 11.0. The highest BCUT2D eigenvalue weighted by Crippen LogP contribution is 2.34. The van der Waals surface area contributed by atoms with E-state index in [0.717, 1.165) is 16.3 Å². The van der Waals surface area contributed by atoms with Crippen molar-refractivity contribution in [2.75, 3.05) is 5.73 Å². The molecule has 104 valence electrons. The van der Waals surface area contributed by atoms with Crippen LogP contribution in [0.25, 0.3) is 21.9 Å². The van der Waals surface area contributed by atoms with E-state index in [1.165, 1.54) is 12.3 Å². The second-order valence-corrected chi connectivity index (χ2v) is 4.90. The fourth-order valence-corrected chi connectivity index (χ4v) is 2.46. The molecule has 0 unspecified atom stereocenters. The third kappa shape index (κ3) is 2.28. The lowest BCUT2D eigenvalue weighted by atomic mass is 9.98. The van der Waals surface area contributed by atoms with Crippen molar-refractivity contribution in [1.82, 2.24) is 4.98 Å². The summed E-state index contributed by atoms with van der Waals surface area (Å²) in [5.74, 6) is 0. The smallest absolute Gasteiger partial charge is 0.307 e. The predicted octanol–water partition coefficient (Wildman–Crippen LogP) is 4.05. The van der Waals surface area contributed by atoms with Crippen molar-refractivity contribution in [2.45, 2.75) is 0 Å². The summed E-state index contributed by atoms with van der Waals surface area (Å²) in [6, 6.07) is 12.6. The van der Waals surface area contributed by atoms with Crippen molar-refractivity contribution in [2.24, 2.45) is 0 Å². The van der Waals surface area contributed by atoms with Crippen LogP contribution in [0.3, 0.4) is 0 Å². The van der Waals surface area contributed by atoms with Crippen LogP contribution >= 0.6 is 11.6 Å². The Morgan fingerprint density at radius 1 is 1.14 bits per heavy atom. The van der Waals surface area contributed by atoms with Gasteiger partial charge in [-0.3, -0.25) is 10.1 Å². The number of anilines is 1. The van der Waals surface area contributed by atoms with Crippen LogP contribution in [0, 0.1) is 10.1 Å². The average molecular weight is 300 g/mol. The molecule has 0 radical (unpaired) electrons. The standard InChI is InChI=1S/C15H10ClN3O2/c16-15-14(19(20)21)7-9(8-18-15)10-5-6-13(17)12-4-2-1-3-11(10)12/h1-8H,17H2. The Balaban J connectivity index is 2.29. The van der Waals surface area contributed by atoms with Crippen LogP contribution in [0.1, 0.15) is 0 Å². The number of halogens is 1. The van der Waals surface area contributed by atoms with Crippen molar-refractivity contribution < 1.29 is 4.92 Å². The van der Waals surface area contributed by atoms with Gasteiger partial charge in [-0.1, -0.05) is 41.9 Å². The van der Waals surface area contributed by atoms with E-state index >= 15 is 0 Å². The van der Waals surface area contributed by atoms with Crippen LogP contribution in [-0.2, 0) is 0 Å². The fraction of sp³-hybridized carbons (Fsp3) is 0. The number of aromatic nitrogens is 1. The van der Waals surface area contributed by atoms with Crippen LogP contribution in [-0.4, -0.2) is 9.91 Å². The Morgan fingerprint density at radius 2 is 1.86 bits per heavy atom. The third-order valence-corrected chi connectivity index (χ3v) is 3.58. The number of nitrogens with zero attached hydrogens (tertiary/aromatic N) is 2. The lowest BCUT2D eigenvalue weighted by molar-refractivity contribution is -0.385. The van der Waals surface area contributed by atoms with Gasteiger partial charge in [-0.2, -0.15) is 0 Å². The summed E-state index contributed by atoms with van der Waals surface area (Å²) < 4.78 is 0. The van der Waals surface area contributed by atoms with E-state index in [0.29, 0.717) is 11.3 Å². The molecule has 3 aromatic rings. The monoisotopic (exact) mass is 299 g/mol. The first-order valence-corrected chi connectivity index (χ1v) is 6.53. The number of hydrogen-bond donors (Lipinski definition) is 1. The molecule has 2 aromatic carbocycles. The molecule has 3 rings (SSSR count). The molecule has 0 fully saturated rings. The van der Waals surface area contributed by atoms with Gasteiger partial charge < -0.3 is 5.73 Å². The fourth-order valence-electron chi connectivity index (χ4n) is 2.29. The average Bonchev–Trinajstić information content (AvgIpc) is 2.48. The van der Waals surface area contributed by atoms with Gasteiger partial charge in [-0.05, 0) is 17.0 Å². The highest BCUT2D eigenvalue weighted by molar-refractivity contribution is 6.31. The maximum Gasteiger partial charge on any atom is 0.307 e. The highest BCUT2D eigenvalue weighted by Gasteiger charge is 2.16. The minimum Gasteiger partial charge on any atom is -0.398 e. The van der Waals surface area contributed by atoms with Gasteiger partial charge in [0.15, 0.2) is 0 Å². The minimum absolute atomic E-state index is 0.122. The molecule has 0 aliphatic heterocycles. The largest absolute Gasteiger partial charge is 0.398 e. The number of benzene rings is 2. The van der Waals surface area contributed by atoms with Crippen LogP contribution in [0.2, 0.25) is 5.15 Å². The molecule has 0 bridgehead atoms. The van der Waals surface area contributed by atoms with E-state index in [4.69, 9.17) is 17.3 Å². The van der Waals surface area contributed by atoms with Crippen molar-refractivity contribution in [3.05, 3.63) is 63.9 Å². The van der Waals surface area contributed by atoms with Crippen molar-refractivity contribution in [3.8, 4) is 11.1 Å². The SMILES string of the molecule is Nc1ccc(-c2cnc(Cl)c([N+](=O)[O-])c2)c2ccccc12. The van der Waals surface area contributed by atoms with Gasteiger partial charge in [0, 0.05) is 28.9 Å². The van der Waals surface area contributed by atoms with Gasteiger partial charge in [0.25, 0.3) is 0 Å². The Hall–Kier alpha value is -2.66. The molecule has 0 saturated carbocycles. The van der Waals surface area contributed by atoms with Gasteiger partial charge in [-0.15, -0.1) is 0 Å². The second-order valence-electron chi connectivity index (χ2n) is 4.54. The Kier molecular flexibility index (Phi) is 3.19. The van der Waals surface area contributed by atoms with E-state index in [1.807, 2.05) is 30.3 Å². The molecule has 0 amide bonds. The van der Waals surface area contributed by atoms with Crippen molar-refractivity contribution >= 4 is 33.7 Å². The Morgan fingerprint density at radius 3 is 2.57 bits per heavy atom. The third-order valence-electron chi connectivity index (χ3n) is 3.29. The first-order valence-electron chi connectivity index (χ1n) is 6.15. The molecule has 1 heterocycles. The number of nitrogens with two attached hydrogens (primary N) is 1. The number of nitrogen functional groups attached to an aromatic ring is 1. The summed E-state index contributed by atoms with van der Waals surface area (Å²) in [5.41, 5.74) is 7.86.